The van der Waals surface area contributed by atoms with Crippen LogP contribution >= 0.6 is 0 Å². The van der Waals surface area contributed by atoms with Gasteiger partial charge in [-0.25, -0.2) is 0 Å². The van der Waals surface area contributed by atoms with Gasteiger partial charge in [0.2, 0.25) is 0 Å². The van der Waals surface area contributed by atoms with Crippen LogP contribution in [0.1, 0.15) is 106 Å². The van der Waals surface area contributed by atoms with E-state index in [0.29, 0.717) is 30.8 Å². The maximum absolute atomic E-state index is 12.6. The molecule has 4 N–H and O–H groups in total. The molecule has 5 heteroatoms. The normalized spacial score (nSPS) is 42.8. The van der Waals surface area contributed by atoms with Crippen molar-refractivity contribution in [3.63, 3.8) is 0 Å². The highest BCUT2D eigenvalue weighted by atomic mass is 16.4. The van der Waals surface area contributed by atoms with E-state index in [2.05, 4.69) is 41.2 Å². The monoisotopic (exact) mass is 502 g/mol. The van der Waals surface area contributed by atoms with Crippen LogP contribution < -0.4 is 0 Å². The van der Waals surface area contributed by atoms with E-state index in [0.717, 1.165) is 38.5 Å². The van der Waals surface area contributed by atoms with Crippen molar-refractivity contribution in [1.29, 1.82) is 0 Å². The smallest absolute Gasteiger partial charge is 0.306 e. The zero-order valence-electron chi connectivity index (χ0n) is 23.7. The molecule has 0 aromatic heterocycles. The van der Waals surface area contributed by atoms with Gasteiger partial charge in [-0.2, -0.15) is 0 Å². The minimum absolute atomic E-state index is 0.0559. The van der Waals surface area contributed by atoms with Crippen molar-refractivity contribution in [2.45, 2.75) is 124 Å². The fraction of sp³-hybridized carbons (Fsp3) is 0.839. The topological polar surface area (TPSA) is 98.0 Å². The third kappa shape index (κ3) is 3.86. The molecule has 0 saturated heterocycles. The summed E-state index contributed by atoms with van der Waals surface area (Å²) in [7, 11) is 0. The summed E-state index contributed by atoms with van der Waals surface area (Å²) in [4.78, 5) is 12.6. The highest BCUT2D eigenvalue weighted by Gasteiger charge is 2.66. The van der Waals surface area contributed by atoms with Gasteiger partial charge < -0.3 is 20.4 Å². The molecule has 2 saturated carbocycles. The number of aliphatic carboxylic acids is 1. The molecule has 1 unspecified atom stereocenters. The van der Waals surface area contributed by atoms with E-state index >= 15 is 0 Å². The van der Waals surface area contributed by atoms with Gasteiger partial charge in [-0.05, 0) is 105 Å². The zero-order chi connectivity index (χ0) is 27.1. The Balaban J connectivity index is 1.71. The predicted octanol–water partition coefficient (Wildman–Crippen LogP) is 5.88. The second-order valence-electron chi connectivity index (χ2n) is 14.5. The molecular weight excluding hydrogens is 452 g/mol. The summed E-state index contributed by atoms with van der Waals surface area (Å²) >= 11 is 0. The summed E-state index contributed by atoms with van der Waals surface area (Å²) in [5.74, 6) is -1.43. The molecule has 0 aliphatic heterocycles. The van der Waals surface area contributed by atoms with Crippen molar-refractivity contribution in [2.24, 2.45) is 39.4 Å². The number of carboxylic acids is 1. The van der Waals surface area contributed by atoms with E-state index in [4.69, 9.17) is 0 Å². The summed E-state index contributed by atoms with van der Waals surface area (Å²) in [6.45, 7) is 18.8. The number of aliphatic hydroxyl groups is 3. The summed E-state index contributed by atoms with van der Waals surface area (Å²) in [5, 5.41) is 43.0. The maximum atomic E-state index is 12.6. The Morgan fingerprint density at radius 1 is 1.06 bits per heavy atom. The molecule has 8 atom stereocenters. The van der Waals surface area contributed by atoms with Crippen molar-refractivity contribution < 1.29 is 25.2 Å². The molecule has 0 amide bonds. The summed E-state index contributed by atoms with van der Waals surface area (Å²) in [6, 6.07) is 0. The summed E-state index contributed by atoms with van der Waals surface area (Å²) in [5.41, 5.74) is 2.01. The molecule has 204 valence electrons. The third-order valence-corrected chi connectivity index (χ3v) is 12.2. The van der Waals surface area contributed by atoms with Crippen molar-refractivity contribution in [3.05, 3.63) is 23.3 Å². The van der Waals surface area contributed by atoms with Crippen LogP contribution in [0, 0.1) is 39.4 Å². The number of carboxylic acid groups (broad SMARTS) is 1. The number of rotatable bonds is 6. The lowest BCUT2D eigenvalue weighted by Gasteiger charge is -2.62. The van der Waals surface area contributed by atoms with Gasteiger partial charge in [0.1, 0.15) is 0 Å². The molecule has 4 aliphatic carbocycles. The molecule has 4 rings (SSSR count). The molecule has 0 aromatic carbocycles. The molecule has 0 heterocycles. The molecule has 0 aromatic rings. The van der Waals surface area contributed by atoms with Gasteiger partial charge in [0.05, 0.1) is 23.7 Å². The first-order valence-corrected chi connectivity index (χ1v) is 14.1. The van der Waals surface area contributed by atoms with Crippen LogP contribution in [0.3, 0.4) is 0 Å². The lowest BCUT2D eigenvalue weighted by atomic mass is 9.43. The molecular formula is C31H50O5. The van der Waals surface area contributed by atoms with Crippen LogP contribution in [-0.4, -0.2) is 44.2 Å². The highest BCUT2D eigenvalue weighted by Crippen LogP contribution is 2.72. The molecule has 2 fully saturated rings. The van der Waals surface area contributed by atoms with E-state index in [1.54, 1.807) is 19.4 Å². The Hall–Kier alpha value is -1.17. The molecule has 0 radical (unpaired) electrons. The first-order valence-electron chi connectivity index (χ1n) is 14.1. The fourth-order valence-electron chi connectivity index (χ4n) is 9.59. The molecule has 4 aliphatic rings. The Morgan fingerprint density at radius 2 is 1.69 bits per heavy atom. The van der Waals surface area contributed by atoms with Crippen molar-refractivity contribution >= 4 is 5.97 Å². The van der Waals surface area contributed by atoms with Crippen LogP contribution in [0.2, 0.25) is 0 Å². The van der Waals surface area contributed by atoms with Gasteiger partial charge in [0, 0.05) is 5.92 Å². The molecule has 5 nitrogen and oxygen atoms in total. The quantitative estimate of drug-likeness (QED) is 0.340. The summed E-state index contributed by atoms with van der Waals surface area (Å²) < 4.78 is 0. The minimum Gasteiger partial charge on any atom is -0.481 e. The average molecular weight is 503 g/mol. The zero-order valence-corrected chi connectivity index (χ0v) is 23.7. The average Bonchev–Trinajstić information content (AvgIpc) is 2.96. The molecule has 36 heavy (non-hydrogen) atoms. The van der Waals surface area contributed by atoms with Gasteiger partial charge >= 0.3 is 5.97 Å². The number of hydrogen-bond donors (Lipinski definition) is 4. The van der Waals surface area contributed by atoms with Crippen LogP contribution in [0.4, 0.5) is 0 Å². The number of hydrogen-bond acceptors (Lipinski definition) is 4. The Morgan fingerprint density at radius 3 is 2.28 bits per heavy atom. The van der Waals surface area contributed by atoms with Crippen LogP contribution in [0.15, 0.2) is 23.3 Å². The minimum atomic E-state index is -1.05. The van der Waals surface area contributed by atoms with E-state index in [1.165, 1.54) is 5.57 Å². The SMILES string of the molecule is C=C(CCC(C(=O)O)[C@H]1[C@H](O)C[C@@]2(C)C3=C(CC[C@]12C)[C@@]1(C)CC[C@@H](O)C(C)(C)[C@@H]1CC3)C(C)(C)O. The van der Waals surface area contributed by atoms with E-state index in [9.17, 15) is 25.2 Å². The summed E-state index contributed by atoms with van der Waals surface area (Å²) in [6.07, 6.45) is 6.15. The van der Waals surface area contributed by atoms with E-state index in [1.807, 2.05) is 0 Å². The lowest BCUT2D eigenvalue weighted by molar-refractivity contribution is -0.149. The second kappa shape index (κ2) is 8.68. The Bertz CT molecular complexity index is 957. The number of fused-ring (bicyclic) bond motifs is 4. The van der Waals surface area contributed by atoms with Gasteiger partial charge in [-0.15, -0.1) is 0 Å². The first kappa shape index (κ1) is 27.9. The van der Waals surface area contributed by atoms with Crippen molar-refractivity contribution in [3.8, 4) is 0 Å². The highest BCUT2D eigenvalue weighted by molar-refractivity contribution is 5.71. The Kier molecular flexibility index (Phi) is 6.71. The fourth-order valence-corrected chi connectivity index (χ4v) is 9.59. The standard InChI is InChI=1S/C31H50O5/c1-18(28(4,5)36)9-10-19(26(34)35)25-22(32)17-31(8)21-11-12-23-27(2,3)24(33)14-15-29(23,6)20(21)13-16-30(25,31)7/h19,22-25,32-33,36H,1,9-17H2,2-8H3,(H,34,35)/t19?,22-,23+,24-,25+,29-,30-,31+/m1/s1. The van der Waals surface area contributed by atoms with Crippen LogP contribution in [0.25, 0.3) is 0 Å². The number of aliphatic hydroxyl groups excluding tert-OH is 2. The van der Waals surface area contributed by atoms with Gasteiger partial charge in [-0.1, -0.05) is 52.3 Å². The van der Waals surface area contributed by atoms with Crippen molar-refractivity contribution in [1.82, 2.24) is 0 Å². The number of carbonyl (C=O) groups is 1. The van der Waals surface area contributed by atoms with Gasteiger partial charge in [0.25, 0.3) is 0 Å². The van der Waals surface area contributed by atoms with Crippen LogP contribution in [0.5, 0.6) is 0 Å². The Labute approximate surface area is 218 Å². The molecule has 0 spiro atoms. The van der Waals surface area contributed by atoms with E-state index < -0.39 is 23.6 Å². The second-order valence-corrected chi connectivity index (χ2v) is 14.5. The van der Waals surface area contributed by atoms with Gasteiger partial charge in [0.15, 0.2) is 0 Å². The largest absolute Gasteiger partial charge is 0.481 e. The molecule has 0 bridgehead atoms. The van der Waals surface area contributed by atoms with Gasteiger partial charge in [-0.3, -0.25) is 4.79 Å². The first-order chi connectivity index (χ1) is 16.4. The van der Waals surface area contributed by atoms with Crippen LogP contribution in [-0.2, 0) is 4.79 Å². The maximum Gasteiger partial charge on any atom is 0.306 e. The van der Waals surface area contributed by atoms with E-state index in [-0.39, 0.29) is 33.7 Å². The number of allylic oxidation sites excluding steroid dienone is 2. The predicted molar refractivity (Wildman–Crippen MR) is 142 cm³/mol. The lowest BCUT2D eigenvalue weighted by Crippen LogP contribution is -2.55. The van der Waals surface area contributed by atoms with Crippen molar-refractivity contribution in [2.75, 3.05) is 0 Å². The third-order valence-electron chi connectivity index (χ3n) is 12.2.